The SMILES string of the molecule is CC/C=C\C/C=C\C/C=C\C/C=C\C/C=C\C/C=C\C/C=C\CCCCCCCCCCCC(=O)OCC(COC(=O)CCCCCCCCCCCCC)OC(=O)CC/C=C\C/C=C\C/C=C\C/C=C\CC. The number of unbranched alkanes of at least 4 members (excludes halogenated alkanes) is 19. The number of carbonyl (C=O) groups is 3. The second-order valence-electron chi connectivity index (χ2n) is 19.1. The first-order valence-electron chi connectivity index (χ1n) is 29.7. The van der Waals surface area contributed by atoms with Crippen LogP contribution in [0.4, 0.5) is 0 Å². The molecule has 73 heavy (non-hydrogen) atoms. The van der Waals surface area contributed by atoms with Gasteiger partial charge in [0.1, 0.15) is 13.2 Å². The van der Waals surface area contributed by atoms with Gasteiger partial charge in [-0.1, -0.05) is 264 Å². The third-order valence-corrected chi connectivity index (χ3v) is 12.2. The molecule has 0 N–H and O–H groups in total. The van der Waals surface area contributed by atoms with Crippen LogP contribution in [0.1, 0.15) is 252 Å². The van der Waals surface area contributed by atoms with Crippen molar-refractivity contribution < 1.29 is 28.6 Å². The normalized spacial score (nSPS) is 13.1. The third-order valence-electron chi connectivity index (χ3n) is 12.2. The second-order valence-corrected chi connectivity index (χ2v) is 19.1. The highest BCUT2D eigenvalue weighted by Crippen LogP contribution is 2.15. The van der Waals surface area contributed by atoms with Crippen LogP contribution in [-0.2, 0) is 28.6 Å². The van der Waals surface area contributed by atoms with E-state index in [2.05, 4.69) is 142 Å². The van der Waals surface area contributed by atoms with Crippen molar-refractivity contribution in [1.82, 2.24) is 0 Å². The van der Waals surface area contributed by atoms with Crippen molar-refractivity contribution in [1.29, 1.82) is 0 Å². The number of esters is 3. The van der Waals surface area contributed by atoms with Crippen molar-refractivity contribution in [3.8, 4) is 0 Å². The zero-order valence-electron chi connectivity index (χ0n) is 47.1. The maximum absolute atomic E-state index is 12.8. The van der Waals surface area contributed by atoms with Gasteiger partial charge in [0, 0.05) is 19.3 Å². The van der Waals surface area contributed by atoms with Crippen molar-refractivity contribution in [2.24, 2.45) is 0 Å². The quantitative estimate of drug-likeness (QED) is 0.0261. The van der Waals surface area contributed by atoms with Crippen LogP contribution < -0.4 is 0 Å². The molecule has 0 fully saturated rings. The lowest BCUT2D eigenvalue weighted by Gasteiger charge is -2.18. The van der Waals surface area contributed by atoms with E-state index in [0.29, 0.717) is 19.3 Å². The zero-order chi connectivity index (χ0) is 52.9. The predicted octanol–water partition coefficient (Wildman–Crippen LogP) is 20.2. The summed E-state index contributed by atoms with van der Waals surface area (Å²) in [6.07, 6.45) is 84.7. The van der Waals surface area contributed by atoms with E-state index in [9.17, 15) is 14.4 Å². The molecule has 0 amide bonds. The maximum Gasteiger partial charge on any atom is 0.306 e. The zero-order valence-corrected chi connectivity index (χ0v) is 47.1. The Balaban J connectivity index is 4.27. The molecular weight excluding hydrogens is 901 g/mol. The van der Waals surface area contributed by atoms with Crippen molar-refractivity contribution >= 4 is 17.9 Å². The average molecular weight is 1010 g/mol. The number of allylic oxidation sites excluding steroid dienone is 22. The maximum atomic E-state index is 12.8. The summed E-state index contributed by atoms with van der Waals surface area (Å²) in [6, 6.07) is 0. The molecule has 0 heterocycles. The Kier molecular flexibility index (Phi) is 56.4. The molecule has 0 saturated heterocycles. The minimum atomic E-state index is -0.820. The summed E-state index contributed by atoms with van der Waals surface area (Å²) in [5.74, 6) is -1.00. The number of rotatable bonds is 52. The van der Waals surface area contributed by atoms with Gasteiger partial charge in [-0.25, -0.2) is 0 Å². The van der Waals surface area contributed by atoms with Crippen LogP contribution >= 0.6 is 0 Å². The summed E-state index contributed by atoms with van der Waals surface area (Å²) in [5.41, 5.74) is 0. The number of carbonyl (C=O) groups excluding carboxylic acids is 3. The monoisotopic (exact) mass is 1010 g/mol. The molecule has 0 bridgehead atoms. The molecule has 6 heteroatoms. The summed E-state index contributed by atoms with van der Waals surface area (Å²) < 4.78 is 16.7. The van der Waals surface area contributed by atoms with E-state index in [1.165, 1.54) is 89.9 Å². The minimum absolute atomic E-state index is 0.109. The van der Waals surface area contributed by atoms with Crippen LogP contribution in [-0.4, -0.2) is 37.2 Å². The molecule has 6 nitrogen and oxygen atoms in total. The van der Waals surface area contributed by atoms with Gasteiger partial charge in [-0.15, -0.1) is 0 Å². The van der Waals surface area contributed by atoms with Crippen LogP contribution in [0.2, 0.25) is 0 Å². The Morgan fingerprint density at radius 1 is 0.288 bits per heavy atom. The van der Waals surface area contributed by atoms with E-state index < -0.39 is 12.1 Å². The molecule has 0 aromatic carbocycles. The van der Waals surface area contributed by atoms with Gasteiger partial charge in [-0.2, -0.15) is 0 Å². The van der Waals surface area contributed by atoms with Gasteiger partial charge in [0.15, 0.2) is 6.10 Å². The van der Waals surface area contributed by atoms with E-state index in [1.807, 2.05) is 12.2 Å². The molecule has 0 radical (unpaired) electrons. The fourth-order valence-corrected chi connectivity index (χ4v) is 7.79. The van der Waals surface area contributed by atoms with E-state index in [-0.39, 0.29) is 31.6 Å². The number of hydrogen-bond acceptors (Lipinski definition) is 6. The summed E-state index contributed by atoms with van der Waals surface area (Å²) in [5, 5.41) is 0. The van der Waals surface area contributed by atoms with Gasteiger partial charge in [-0.3, -0.25) is 14.4 Å². The molecular formula is C67H108O6. The molecule has 0 aliphatic carbocycles. The van der Waals surface area contributed by atoms with Crippen molar-refractivity contribution in [2.45, 2.75) is 258 Å². The van der Waals surface area contributed by atoms with E-state index in [1.54, 1.807) is 0 Å². The van der Waals surface area contributed by atoms with Crippen LogP contribution in [0.3, 0.4) is 0 Å². The molecule has 0 aromatic rings. The third kappa shape index (κ3) is 58.3. The van der Waals surface area contributed by atoms with Crippen LogP contribution in [0, 0.1) is 0 Å². The standard InChI is InChI=1S/C67H108O6/c1-4-7-10-13-16-19-22-24-25-26-27-28-29-30-31-32-33-34-35-36-37-38-39-40-41-43-45-48-51-54-57-60-66(69)72-63-64(62-71-65(68)59-56-53-50-47-44-21-18-15-12-9-6-3)73-67(70)61-58-55-52-49-46-42-23-20-17-14-11-8-5-2/h7-8,10-11,16-17,19-20,24-25,27-28,30-31,33-34,36-37,42,46,52,55,64H,4-6,9,12-15,18,21-23,26,29,32,35,38-41,43-45,47-51,53-54,56-63H2,1-3H3/b10-7-,11-8-,19-16-,20-17-,25-24-,28-27-,31-30-,34-33-,37-36-,46-42-,55-52-. The number of ether oxygens (including phenoxy) is 3. The molecule has 0 aliphatic heterocycles. The molecule has 0 spiro atoms. The first kappa shape index (κ1) is 68.6. The lowest BCUT2D eigenvalue weighted by Crippen LogP contribution is -2.30. The fraction of sp³-hybridized carbons (Fsp3) is 0.627. The smallest absolute Gasteiger partial charge is 0.306 e. The summed E-state index contributed by atoms with van der Waals surface area (Å²) in [6.45, 7) is 6.33. The average Bonchev–Trinajstić information content (AvgIpc) is 3.39. The first-order valence-corrected chi connectivity index (χ1v) is 29.7. The Labute approximate surface area is 449 Å². The highest BCUT2D eigenvalue weighted by Gasteiger charge is 2.19. The highest BCUT2D eigenvalue weighted by atomic mass is 16.6. The molecule has 0 saturated carbocycles. The molecule has 1 unspecified atom stereocenters. The van der Waals surface area contributed by atoms with Crippen molar-refractivity contribution in [3.05, 3.63) is 134 Å². The second kappa shape index (κ2) is 60.1. The van der Waals surface area contributed by atoms with Gasteiger partial charge in [0.05, 0.1) is 0 Å². The Morgan fingerprint density at radius 3 is 0.890 bits per heavy atom. The Morgan fingerprint density at radius 2 is 0.562 bits per heavy atom. The highest BCUT2D eigenvalue weighted by molar-refractivity contribution is 5.71. The van der Waals surface area contributed by atoms with Crippen molar-refractivity contribution in [3.63, 3.8) is 0 Å². The first-order chi connectivity index (χ1) is 36.0. The summed E-state index contributed by atoms with van der Waals surface area (Å²) in [4.78, 5) is 38.0. The lowest BCUT2D eigenvalue weighted by atomic mass is 10.1. The summed E-state index contributed by atoms with van der Waals surface area (Å²) >= 11 is 0. The Bertz CT molecular complexity index is 1580. The summed E-state index contributed by atoms with van der Waals surface area (Å²) in [7, 11) is 0. The largest absolute Gasteiger partial charge is 0.462 e. The lowest BCUT2D eigenvalue weighted by molar-refractivity contribution is -0.166. The molecule has 0 aliphatic rings. The number of hydrogen-bond donors (Lipinski definition) is 0. The van der Waals surface area contributed by atoms with Gasteiger partial charge in [0.2, 0.25) is 0 Å². The predicted molar refractivity (Wildman–Crippen MR) is 316 cm³/mol. The fourth-order valence-electron chi connectivity index (χ4n) is 7.79. The van der Waals surface area contributed by atoms with Gasteiger partial charge in [0.25, 0.3) is 0 Å². The topological polar surface area (TPSA) is 78.9 Å². The van der Waals surface area contributed by atoms with Crippen molar-refractivity contribution in [2.75, 3.05) is 13.2 Å². The molecule has 0 aromatic heterocycles. The Hall–Kier alpha value is -4.45. The minimum Gasteiger partial charge on any atom is -0.462 e. The van der Waals surface area contributed by atoms with Crippen LogP contribution in [0.5, 0.6) is 0 Å². The van der Waals surface area contributed by atoms with E-state index >= 15 is 0 Å². The molecule has 412 valence electrons. The van der Waals surface area contributed by atoms with Crippen LogP contribution in [0.15, 0.2) is 134 Å². The van der Waals surface area contributed by atoms with Gasteiger partial charge < -0.3 is 14.2 Å². The molecule has 0 rings (SSSR count). The van der Waals surface area contributed by atoms with E-state index in [0.717, 1.165) is 116 Å². The molecule has 1 atom stereocenters. The van der Waals surface area contributed by atoms with E-state index in [4.69, 9.17) is 14.2 Å². The van der Waals surface area contributed by atoms with Gasteiger partial charge in [-0.05, 0) is 103 Å². The van der Waals surface area contributed by atoms with Crippen LogP contribution in [0.25, 0.3) is 0 Å². The van der Waals surface area contributed by atoms with Gasteiger partial charge >= 0.3 is 17.9 Å².